The van der Waals surface area contributed by atoms with Crippen molar-refractivity contribution in [1.29, 1.82) is 5.26 Å². The van der Waals surface area contributed by atoms with Gasteiger partial charge in [-0.15, -0.1) is 0 Å². The fraction of sp³-hybridized carbons (Fsp3) is 0.409. The molecule has 2 unspecified atom stereocenters. The van der Waals surface area contributed by atoms with Crippen molar-refractivity contribution in [2.45, 2.75) is 43.5 Å². The lowest BCUT2D eigenvalue weighted by atomic mass is 9.89. The zero-order valence-electron chi connectivity index (χ0n) is 15.3. The number of fused-ring (bicyclic) bond motifs is 1. The summed E-state index contributed by atoms with van der Waals surface area (Å²) in [5, 5.41) is 9.37. The maximum atomic E-state index is 11.8. The van der Waals surface area contributed by atoms with E-state index in [2.05, 4.69) is 41.3 Å². The van der Waals surface area contributed by atoms with Crippen LogP contribution in [-0.4, -0.2) is 25.2 Å². The lowest BCUT2D eigenvalue weighted by molar-refractivity contribution is 0.214. The second-order valence-electron chi connectivity index (χ2n) is 7.66. The van der Waals surface area contributed by atoms with E-state index >= 15 is 0 Å². The predicted molar refractivity (Wildman–Crippen MR) is 106 cm³/mol. The summed E-state index contributed by atoms with van der Waals surface area (Å²) in [4.78, 5) is 2.12. The van der Waals surface area contributed by atoms with Crippen LogP contribution >= 0.6 is 0 Å². The van der Waals surface area contributed by atoms with Crippen molar-refractivity contribution in [3.63, 3.8) is 0 Å². The molecule has 0 saturated heterocycles. The average molecular weight is 381 g/mol. The quantitative estimate of drug-likeness (QED) is 0.782. The summed E-state index contributed by atoms with van der Waals surface area (Å²) in [5.41, 5.74) is 4.63. The highest BCUT2D eigenvalue weighted by Crippen LogP contribution is 2.38. The molecule has 140 valence electrons. The van der Waals surface area contributed by atoms with Crippen LogP contribution in [0.4, 0.5) is 0 Å². The van der Waals surface area contributed by atoms with Gasteiger partial charge in [0, 0.05) is 13.1 Å². The van der Waals surface area contributed by atoms with Gasteiger partial charge in [-0.25, -0.2) is 8.42 Å². The molecule has 2 aromatic carbocycles. The Morgan fingerprint density at radius 2 is 1.89 bits per heavy atom. The Kier molecular flexibility index (Phi) is 5.29. The molecule has 2 aromatic rings. The van der Waals surface area contributed by atoms with Crippen molar-refractivity contribution < 1.29 is 8.42 Å². The Hall–Kier alpha value is -2.16. The standard InChI is InChI=1S/C22H24N2O2S/c23-14-20(12-16-4-2-1-3-5-16)19-9-6-17-10-11-24(15-21(17)13-19)22(27(25)26)18-7-8-18/h1-6,9,13,18,20,22,27H,7-8,10-12,15H2. The van der Waals surface area contributed by atoms with E-state index < -0.39 is 10.7 Å². The van der Waals surface area contributed by atoms with Gasteiger partial charge in [0.2, 0.25) is 0 Å². The molecule has 1 aliphatic carbocycles. The Bertz CT molecular complexity index is 921. The lowest BCUT2D eigenvalue weighted by Crippen LogP contribution is -2.41. The summed E-state index contributed by atoms with van der Waals surface area (Å²) in [7, 11) is -2.44. The van der Waals surface area contributed by atoms with Gasteiger partial charge in [0.1, 0.15) is 5.37 Å². The third kappa shape index (κ3) is 4.07. The fourth-order valence-electron chi connectivity index (χ4n) is 4.13. The van der Waals surface area contributed by atoms with Gasteiger partial charge in [0.15, 0.2) is 10.7 Å². The Balaban J connectivity index is 1.56. The number of nitrogens with zero attached hydrogens (tertiary/aromatic N) is 2. The molecule has 5 heteroatoms. The molecular weight excluding hydrogens is 356 g/mol. The number of nitriles is 1. The largest absolute Gasteiger partial charge is 0.283 e. The summed E-state index contributed by atoms with van der Waals surface area (Å²) in [6.45, 7) is 1.46. The first-order valence-corrected chi connectivity index (χ1v) is 10.8. The SMILES string of the molecule is N#CC(Cc1ccccc1)c1ccc2c(c1)CN(C(C1CC1)[SH](=O)=O)CC2. The first kappa shape index (κ1) is 18.2. The van der Waals surface area contributed by atoms with Gasteiger partial charge >= 0.3 is 0 Å². The van der Waals surface area contributed by atoms with E-state index in [1.54, 1.807) is 0 Å². The van der Waals surface area contributed by atoms with Gasteiger partial charge in [-0.1, -0.05) is 48.5 Å². The maximum Gasteiger partial charge on any atom is 0.156 e. The van der Waals surface area contributed by atoms with Crippen molar-refractivity contribution in [3.05, 3.63) is 70.8 Å². The monoisotopic (exact) mass is 380 g/mol. The predicted octanol–water partition coefficient (Wildman–Crippen LogP) is 3.24. The summed E-state index contributed by atoms with van der Waals surface area (Å²) in [6.07, 6.45) is 3.60. The summed E-state index contributed by atoms with van der Waals surface area (Å²) < 4.78 is 23.5. The molecule has 2 aliphatic rings. The highest BCUT2D eigenvalue weighted by molar-refractivity contribution is 7.73. The molecule has 1 aliphatic heterocycles. The number of benzene rings is 2. The summed E-state index contributed by atoms with van der Waals surface area (Å²) in [5.74, 6) is 0.115. The number of hydrogen-bond acceptors (Lipinski definition) is 4. The zero-order valence-corrected chi connectivity index (χ0v) is 16.1. The Labute approximate surface area is 162 Å². The van der Waals surface area contributed by atoms with Crippen LogP contribution in [0.2, 0.25) is 0 Å². The normalized spacial score (nSPS) is 19.3. The summed E-state index contributed by atoms with van der Waals surface area (Å²) in [6, 6.07) is 18.8. The van der Waals surface area contributed by atoms with Crippen molar-refractivity contribution in [2.24, 2.45) is 5.92 Å². The molecule has 1 fully saturated rings. The van der Waals surface area contributed by atoms with E-state index in [4.69, 9.17) is 0 Å². The van der Waals surface area contributed by atoms with E-state index in [0.717, 1.165) is 36.9 Å². The van der Waals surface area contributed by atoms with Crippen LogP contribution < -0.4 is 0 Å². The highest BCUT2D eigenvalue weighted by Gasteiger charge is 2.38. The molecule has 0 amide bonds. The van der Waals surface area contributed by atoms with E-state index in [1.807, 2.05) is 18.2 Å². The fourth-order valence-corrected chi connectivity index (χ4v) is 5.23. The molecule has 2 atom stereocenters. The highest BCUT2D eigenvalue weighted by atomic mass is 32.2. The van der Waals surface area contributed by atoms with Gasteiger partial charge < -0.3 is 0 Å². The van der Waals surface area contributed by atoms with Crippen LogP contribution in [0.15, 0.2) is 48.5 Å². The molecule has 0 radical (unpaired) electrons. The Morgan fingerprint density at radius 1 is 1.11 bits per heavy atom. The zero-order chi connectivity index (χ0) is 18.8. The van der Waals surface area contributed by atoms with Crippen LogP contribution in [0, 0.1) is 17.2 Å². The van der Waals surface area contributed by atoms with Crippen molar-refractivity contribution in [3.8, 4) is 6.07 Å². The van der Waals surface area contributed by atoms with Crippen LogP contribution in [0.25, 0.3) is 0 Å². The number of rotatable bonds is 6. The van der Waals surface area contributed by atoms with E-state index in [0.29, 0.717) is 18.9 Å². The summed E-state index contributed by atoms with van der Waals surface area (Å²) >= 11 is 0. The van der Waals surface area contributed by atoms with Crippen molar-refractivity contribution >= 4 is 10.7 Å². The van der Waals surface area contributed by atoms with Gasteiger partial charge in [-0.05, 0) is 53.9 Å². The van der Waals surface area contributed by atoms with E-state index in [-0.39, 0.29) is 11.3 Å². The molecule has 0 spiro atoms. The minimum atomic E-state index is -2.44. The topological polar surface area (TPSA) is 61.2 Å². The van der Waals surface area contributed by atoms with Gasteiger partial charge in [-0.3, -0.25) is 4.90 Å². The lowest BCUT2D eigenvalue weighted by Gasteiger charge is -2.33. The molecule has 1 saturated carbocycles. The van der Waals surface area contributed by atoms with Gasteiger partial charge in [-0.2, -0.15) is 5.26 Å². The van der Waals surface area contributed by atoms with Crippen LogP contribution in [0.3, 0.4) is 0 Å². The molecule has 1 heterocycles. The minimum Gasteiger partial charge on any atom is -0.283 e. The van der Waals surface area contributed by atoms with Gasteiger partial charge in [0.25, 0.3) is 0 Å². The second kappa shape index (κ2) is 7.84. The van der Waals surface area contributed by atoms with E-state index in [9.17, 15) is 13.7 Å². The first-order chi connectivity index (χ1) is 13.2. The van der Waals surface area contributed by atoms with Crippen LogP contribution in [0.5, 0.6) is 0 Å². The molecule has 0 bridgehead atoms. The smallest absolute Gasteiger partial charge is 0.156 e. The van der Waals surface area contributed by atoms with Crippen molar-refractivity contribution in [2.75, 3.05) is 6.54 Å². The van der Waals surface area contributed by atoms with Crippen LogP contribution in [-0.2, 0) is 30.1 Å². The second-order valence-corrected chi connectivity index (χ2v) is 8.76. The minimum absolute atomic E-state index is 0.191. The number of hydrogen-bond donors (Lipinski definition) is 1. The molecule has 0 aromatic heterocycles. The molecule has 0 N–H and O–H groups in total. The maximum absolute atomic E-state index is 11.8. The van der Waals surface area contributed by atoms with E-state index in [1.165, 1.54) is 11.1 Å². The third-order valence-electron chi connectivity index (χ3n) is 5.75. The molecule has 27 heavy (non-hydrogen) atoms. The average Bonchev–Trinajstić information content (AvgIpc) is 3.51. The molecule has 4 rings (SSSR count). The van der Waals surface area contributed by atoms with Crippen molar-refractivity contribution in [1.82, 2.24) is 4.90 Å². The van der Waals surface area contributed by atoms with Crippen LogP contribution in [0.1, 0.15) is 41.0 Å². The third-order valence-corrected chi connectivity index (χ3v) is 6.93. The Morgan fingerprint density at radius 3 is 2.56 bits per heavy atom. The molecular formula is C22H24N2O2S. The first-order valence-electron chi connectivity index (χ1n) is 9.58. The molecule has 4 nitrogen and oxygen atoms in total. The number of thiol groups is 1. The van der Waals surface area contributed by atoms with Gasteiger partial charge in [0.05, 0.1) is 12.0 Å².